The van der Waals surface area contributed by atoms with E-state index >= 15 is 4.39 Å². The number of amides is 1. The normalized spacial score (nSPS) is 14.8. The van der Waals surface area contributed by atoms with Crippen molar-refractivity contribution >= 4 is 32.5 Å². The van der Waals surface area contributed by atoms with Crippen LogP contribution in [0.4, 0.5) is 10.1 Å². The number of hydrogen-bond donors (Lipinski definition) is 1. The number of nitrogens with one attached hydrogen (secondary N) is 1. The van der Waals surface area contributed by atoms with Crippen LogP contribution < -0.4 is 10.1 Å². The number of hydrogen-bond acceptors (Lipinski definition) is 7. The zero-order valence-corrected chi connectivity index (χ0v) is 24.2. The molecule has 2 aromatic carbocycles. The second kappa shape index (κ2) is 11.2. The third-order valence-corrected chi connectivity index (χ3v) is 8.72. The first-order chi connectivity index (χ1) is 19.4. The van der Waals surface area contributed by atoms with Gasteiger partial charge >= 0.3 is 0 Å². The molecule has 0 unspecified atom stereocenters. The first kappa shape index (κ1) is 28.7. The second-order valence-corrected chi connectivity index (χ2v) is 12.8. The molecule has 2 aromatic heterocycles. The van der Waals surface area contributed by atoms with E-state index in [-0.39, 0.29) is 52.7 Å². The molecular weight excluding hydrogens is 549 g/mol. The fraction of sp³-hybridized carbons (Fsp3) is 0.345. The molecule has 0 saturated carbocycles. The second-order valence-electron chi connectivity index (χ2n) is 10.8. The Bertz CT molecular complexity index is 1710. The van der Waals surface area contributed by atoms with Crippen LogP contribution in [0.5, 0.6) is 11.5 Å². The van der Waals surface area contributed by atoms with Gasteiger partial charge in [0.25, 0.3) is 0 Å². The lowest BCUT2D eigenvalue weighted by Gasteiger charge is -2.26. The molecule has 1 amide bonds. The SMILES string of the molecule is Cc1c(Oc2ccnc3ccc(S(=O)(=O)N4CCOCC4)cc23)ccc(CC(=O)Nc2cnn(C(C)(C)C)c2)c1F. The molecule has 0 bridgehead atoms. The van der Waals surface area contributed by atoms with E-state index in [2.05, 4.69) is 15.4 Å². The van der Waals surface area contributed by atoms with Crippen molar-refractivity contribution in [2.24, 2.45) is 0 Å². The molecule has 0 radical (unpaired) electrons. The van der Waals surface area contributed by atoms with Gasteiger partial charge in [-0.1, -0.05) is 6.07 Å². The number of nitrogens with zero attached hydrogens (tertiary/aromatic N) is 4. The number of rotatable bonds is 7. The van der Waals surface area contributed by atoms with Gasteiger partial charge in [0.2, 0.25) is 15.9 Å². The van der Waals surface area contributed by atoms with Gasteiger partial charge in [0.1, 0.15) is 17.3 Å². The van der Waals surface area contributed by atoms with E-state index in [1.165, 1.54) is 22.5 Å². The highest BCUT2D eigenvalue weighted by Gasteiger charge is 2.27. The van der Waals surface area contributed by atoms with Crippen LogP contribution >= 0.6 is 0 Å². The van der Waals surface area contributed by atoms with Gasteiger partial charge in [-0.25, -0.2) is 12.8 Å². The number of anilines is 1. The van der Waals surface area contributed by atoms with Gasteiger partial charge in [0.05, 0.1) is 47.5 Å². The summed E-state index contributed by atoms with van der Waals surface area (Å²) >= 11 is 0. The molecule has 3 heterocycles. The summed E-state index contributed by atoms with van der Waals surface area (Å²) in [5, 5.41) is 7.49. The van der Waals surface area contributed by atoms with E-state index in [1.54, 1.807) is 48.4 Å². The molecule has 5 rings (SSSR count). The molecule has 41 heavy (non-hydrogen) atoms. The van der Waals surface area contributed by atoms with Gasteiger partial charge in [0, 0.05) is 36.4 Å². The molecule has 0 spiro atoms. The van der Waals surface area contributed by atoms with Gasteiger partial charge in [-0.3, -0.25) is 14.5 Å². The number of carbonyl (C=O) groups is 1. The topological polar surface area (TPSA) is 116 Å². The summed E-state index contributed by atoms with van der Waals surface area (Å²) < 4.78 is 56.3. The van der Waals surface area contributed by atoms with Gasteiger partial charge in [-0.2, -0.15) is 9.40 Å². The largest absolute Gasteiger partial charge is 0.456 e. The number of benzene rings is 2. The maximum Gasteiger partial charge on any atom is 0.243 e. The highest BCUT2D eigenvalue weighted by Crippen LogP contribution is 2.34. The third kappa shape index (κ3) is 6.09. The van der Waals surface area contributed by atoms with Crippen molar-refractivity contribution in [1.82, 2.24) is 19.1 Å². The molecule has 1 saturated heterocycles. The average molecular weight is 582 g/mol. The number of halogens is 1. The minimum absolute atomic E-state index is 0.113. The minimum Gasteiger partial charge on any atom is -0.456 e. The van der Waals surface area contributed by atoms with Gasteiger partial charge in [0.15, 0.2) is 0 Å². The van der Waals surface area contributed by atoms with Crippen LogP contribution in [-0.2, 0) is 31.5 Å². The number of ether oxygens (including phenoxy) is 2. The van der Waals surface area contributed by atoms with Crippen LogP contribution in [0.25, 0.3) is 10.9 Å². The lowest BCUT2D eigenvalue weighted by molar-refractivity contribution is -0.115. The number of sulfonamides is 1. The summed E-state index contributed by atoms with van der Waals surface area (Å²) in [5.41, 5.74) is 1.26. The Morgan fingerprint density at radius 3 is 2.59 bits per heavy atom. The van der Waals surface area contributed by atoms with Crippen LogP contribution in [0.1, 0.15) is 31.9 Å². The zero-order valence-electron chi connectivity index (χ0n) is 23.3. The number of aromatic nitrogens is 3. The molecule has 0 aliphatic carbocycles. The van der Waals surface area contributed by atoms with Crippen LogP contribution in [-0.4, -0.2) is 59.7 Å². The van der Waals surface area contributed by atoms with Crippen LogP contribution in [0.15, 0.2) is 59.9 Å². The Morgan fingerprint density at radius 2 is 1.88 bits per heavy atom. The van der Waals surface area contributed by atoms with E-state index in [0.717, 1.165) is 0 Å². The Hall–Kier alpha value is -3.87. The van der Waals surface area contributed by atoms with E-state index in [0.29, 0.717) is 35.6 Å². The number of carbonyl (C=O) groups excluding carboxylic acids is 1. The Kier molecular flexibility index (Phi) is 7.82. The average Bonchev–Trinajstić information content (AvgIpc) is 3.42. The molecule has 1 fully saturated rings. The molecule has 216 valence electrons. The zero-order chi connectivity index (χ0) is 29.4. The smallest absolute Gasteiger partial charge is 0.243 e. The fourth-order valence-electron chi connectivity index (χ4n) is 4.51. The Labute approximate surface area is 238 Å². The number of fused-ring (bicyclic) bond motifs is 1. The predicted octanol–water partition coefficient (Wildman–Crippen LogP) is 4.63. The van der Waals surface area contributed by atoms with Crippen molar-refractivity contribution in [2.45, 2.75) is 44.6 Å². The van der Waals surface area contributed by atoms with Crippen molar-refractivity contribution in [3.05, 3.63) is 71.9 Å². The monoisotopic (exact) mass is 581 g/mol. The first-order valence-corrected chi connectivity index (χ1v) is 14.6. The number of pyridine rings is 1. The maximum atomic E-state index is 15.4. The van der Waals surface area contributed by atoms with E-state index in [1.807, 2.05) is 20.8 Å². The van der Waals surface area contributed by atoms with Crippen molar-refractivity contribution in [1.29, 1.82) is 0 Å². The summed E-state index contributed by atoms with van der Waals surface area (Å²) in [6.45, 7) is 8.79. The van der Waals surface area contributed by atoms with Crippen LogP contribution in [0, 0.1) is 12.7 Å². The Balaban J connectivity index is 1.36. The maximum absolute atomic E-state index is 15.4. The lowest BCUT2D eigenvalue weighted by Crippen LogP contribution is -2.40. The quantitative estimate of drug-likeness (QED) is 0.338. The van der Waals surface area contributed by atoms with Crippen LogP contribution in [0.3, 0.4) is 0 Å². The minimum atomic E-state index is -3.74. The third-order valence-electron chi connectivity index (χ3n) is 6.82. The van der Waals surface area contributed by atoms with Crippen molar-refractivity contribution in [3.63, 3.8) is 0 Å². The summed E-state index contributed by atoms with van der Waals surface area (Å²) in [7, 11) is -3.74. The van der Waals surface area contributed by atoms with Crippen LogP contribution in [0.2, 0.25) is 0 Å². The van der Waals surface area contributed by atoms with Gasteiger partial charge < -0.3 is 14.8 Å². The molecule has 1 N–H and O–H groups in total. The van der Waals surface area contributed by atoms with E-state index < -0.39 is 15.8 Å². The van der Waals surface area contributed by atoms with Gasteiger partial charge in [-0.05, 0) is 63.6 Å². The standard InChI is InChI=1S/C29H32FN5O5S/c1-19-25(8-5-20(28(19)30)15-27(36)33-21-17-32-35(18-21)29(2,3)4)40-26-9-10-31-24-7-6-22(16-23(24)26)41(37,38)34-11-13-39-14-12-34/h5-10,16-18H,11-15H2,1-4H3,(H,33,36). The summed E-state index contributed by atoms with van der Waals surface area (Å²) in [4.78, 5) is 17.1. The van der Waals surface area contributed by atoms with E-state index in [4.69, 9.17) is 9.47 Å². The summed E-state index contributed by atoms with van der Waals surface area (Å²) in [6.07, 6.45) is 4.65. The Morgan fingerprint density at radius 1 is 1.12 bits per heavy atom. The summed E-state index contributed by atoms with van der Waals surface area (Å²) in [5.74, 6) is -0.360. The number of morpholine rings is 1. The van der Waals surface area contributed by atoms with Crippen molar-refractivity contribution < 1.29 is 27.1 Å². The van der Waals surface area contributed by atoms with Crippen molar-refractivity contribution in [2.75, 3.05) is 31.6 Å². The molecule has 4 aromatic rings. The molecule has 0 atom stereocenters. The molecule has 1 aliphatic heterocycles. The molecular formula is C29H32FN5O5S. The van der Waals surface area contributed by atoms with E-state index in [9.17, 15) is 13.2 Å². The molecule has 1 aliphatic rings. The van der Waals surface area contributed by atoms with Crippen molar-refractivity contribution in [3.8, 4) is 11.5 Å². The highest BCUT2D eigenvalue weighted by atomic mass is 32.2. The lowest BCUT2D eigenvalue weighted by atomic mass is 10.1. The fourth-order valence-corrected chi connectivity index (χ4v) is 5.94. The molecule has 10 nitrogen and oxygen atoms in total. The highest BCUT2D eigenvalue weighted by molar-refractivity contribution is 7.89. The predicted molar refractivity (Wildman–Crippen MR) is 152 cm³/mol. The summed E-state index contributed by atoms with van der Waals surface area (Å²) in [6, 6.07) is 9.37. The van der Waals surface area contributed by atoms with Gasteiger partial charge in [-0.15, -0.1) is 0 Å². The molecule has 12 heteroatoms. The first-order valence-electron chi connectivity index (χ1n) is 13.2.